The molecule has 90 valence electrons. The highest BCUT2D eigenvalue weighted by Crippen LogP contribution is 2.27. The average molecular weight is 212 g/mol. The van der Waals surface area contributed by atoms with Crippen LogP contribution in [0, 0.1) is 11.3 Å². The van der Waals surface area contributed by atoms with Gasteiger partial charge >= 0.3 is 0 Å². The highest BCUT2D eigenvalue weighted by Gasteiger charge is 2.22. The van der Waals surface area contributed by atoms with Gasteiger partial charge in [0.1, 0.15) is 0 Å². The highest BCUT2D eigenvalue weighted by atomic mass is 15.1. The first-order valence-electron chi connectivity index (χ1n) is 6.42. The van der Waals surface area contributed by atoms with E-state index >= 15 is 0 Å². The van der Waals surface area contributed by atoms with Crippen molar-refractivity contribution in [2.75, 3.05) is 26.7 Å². The quantitative estimate of drug-likeness (QED) is 0.733. The maximum absolute atomic E-state index is 5.64. The van der Waals surface area contributed by atoms with E-state index < -0.39 is 0 Å². The van der Waals surface area contributed by atoms with E-state index in [9.17, 15) is 0 Å². The van der Waals surface area contributed by atoms with E-state index in [4.69, 9.17) is 5.73 Å². The van der Waals surface area contributed by atoms with Crippen molar-refractivity contribution < 1.29 is 0 Å². The lowest BCUT2D eigenvalue weighted by Gasteiger charge is -2.31. The molecule has 0 atom stereocenters. The molecule has 0 saturated heterocycles. The van der Waals surface area contributed by atoms with Crippen LogP contribution in [-0.2, 0) is 0 Å². The van der Waals surface area contributed by atoms with Crippen LogP contribution in [-0.4, -0.2) is 31.6 Å². The van der Waals surface area contributed by atoms with Crippen LogP contribution in [0.4, 0.5) is 0 Å². The van der Waals surface area contributed by atoms with Crippen molar-refractivity contribution in [2.24, 2.45) is 17.1 Å². The van der Waals surface area contributed by atoms with Crippen LogP contribution in [0.1, 0.15) is 46.0 Å². The summed E-state index contributed by atoms with van der Waals surface area (Å²) in [6.45, 7) is 7.93. The Kier molecular flexibility index (Phi) is 5.07. The second-order valence-corrected chi connectivity index (χ2v) is 6.05. The second-order valence-electron chi connectivity index (χ2n) is 6.05. The predicted molar refractivity (Wildman–Crippen MR) is 66.9 cm³/mol. The van der Waals surface area contributed by atoms with Crippen LogP contribution in [0.3, 0.4) is 0 Å². The molecule has 0 heterocycles. The molecular formula is C13H28N2. The number of nitrogens with zero attached hydrogens (tertiary/aromatic N) is 1. The molecule has 0 radical (unpaired) electrons. The van der Waals surface area contributed by atoms with Crippen LogP contribution in [0.2, 0.25) is 0 Å². The Morgan fingerprint density at radius 1 is 1.27 bits per heavy atom. The first-order valence-corrected chi connectivity index (χ1v) is 6.42. The number of hydrogen-bond acceptors (Lipinski definition) is 2. The van der Waals surface area contributed by atoms with Gasteiger partial charge in [0, 0.05) is 13.1 Å². The van der Waals surface area contributed by atoms with Gasteiger partial charge in [-0.1, -0.05) is 26.7 Å². The summed E-state index contributed by atoms with van der Waals surface area (Å²) in [6.07, 6.45) is 6.92. The molecule has 0 bridgehead atoms. The molecule has 0 aromatic rings. The molecule has 2 heteroatoms. The van der Waals surface area contributed by atoms with E-state index in [0.29, 0.717) is 5.41 Å². The second kappa shape index (κ2) is 5.86. The minimum Gasteiger partial charge on any atom is -0.330 e. The molecule has 1 fully saturated rings. The number of hydrogen-bond donors (Lipinski definition) is 1. The van der Waals surface area contributed by atoms with Crippen molar-refractivity contribution in [3.05, 3.63) is 0 Å². The minimum absolute atomic E-state index is 0.377. The third-order valence-corrected chi connectivity index (χ3v) is 3.56. The number of nitrogens with two attached hydrogens (primary N) is 1. The number of rotatable bonds is 6. The van der Waals surface area contributed by atoms with Gasteiger partial charge in [-0.25, -0.2) is 0 Å². The maximum Gasteiger partial charge on any atom is 0.00302 e. The van der Waals surface area contributed by atoms with E-state index in [1.807, 2.05) is 0 Å². The van der Waals surface area contributed by atoms with Gasteiger partial charge in [-0.05, 0) is 44.2 Å². The zero-order chi connectivity index (χ0) is 11.3. The van der Waals surface area contributed by atoms with Gasteiger partial charge in [-0.15, -0.1) is 0 Å². The molecule has 0 aromatic heterocycles. The topological polar surface area (TPSA) is 29.3 Å². The van der Waals surface area contributed by atoms with Gasteiger partial charge in [0.2, 0.25) is 0 Å². The lowest BCUT2D eigenvalue weighted by atomic mass is 9.88. The van der Waals surface area contributed by atoms with Gasteiger partial charge in [0.05, 0.1) is 0 Å². The zero-order valence-electron chi connectivity index (χ0n) is 10.8. The van der Waals surface area contributed by atoms with E-state index in [0.717, 1.165) is 18.9 Å². The van der Waals surface area contributed by atoms with Crippen molar-refractivity contribution in [1.29, 1.82) is 0 Å². The van der Waals surface area contributed by atoms with Crippen LogP contribution in [0.25, 0.3) is 0 Å². The average Bonchev–Trinajstić information content (AvgIpc) is 2.54. The summed E-state index contributed by atoms with van der Waals surface area (Å²) in [6, 6.07) is 0. The van der Waals surface area contributed by atoms with Crippen LogP contribution in [0.15, 0.2) is 0 Å². The van der Waals surface area contributed by atoms with Crippen LogP contribution < -0.4 is 5.73 Å². The fourth-order valence-corrected chi connectivity index (χ4v) is 2.90. The van der Waals surface area contributed by atoms with Crippen LogP contribution in [0.5, 0.6) is 0 Å². The summed E-state index contributed by atoms with van der Waals surface area (Å²) in [5.74, 6) is 0.962. The molecular weight excluding hydrogens is 184 g/mol. The summed E-state index contributed by atoms with van der Waals surface area (Å²) in [5, 5.41) is 0. The van der Waals surface area contributed by atoms with E-state index in [-0.39, 0.29) is 0 Å². The molecule has 1 aliphatic rings. The highest BCUT2D eigenvalue weighted by molar-refractivity contribution is 4.76. The third kappa shape index (κ3) is 4.98. The normalized spacial score (nSPS) is 19.0. The Labute approximate surface area is 95.2 Å². The van der Waals surface area contributed by atoms with Crippen molar-refractivity contribution in [2.45, 2.75) is 46.0 Å². The molecule has 2 nitrogen and oxygen atoms in total. The zero-order valence-corrected chi connectivity index (χ0v) is 10.8. The van der Waals surface area contributed by atoms with Crippen molar-refractivity contribution in [1.82, 2.24) is 4.90 Å². The fourth-order valence-electron chi connectivity index (χ4n) is 2.90. The molecule has 0 spiro atoms. The molecule has 2 N–H and O–H groups in total. The molecule has 1 rings (SSSR count). The lowest BCUT2D eigenvalue weighted by Crippen LogP contribution is -2.35. The smallest absolute Gasteiger partial charge is 0.00302 e. The SMILES string of the molecule is CN(CC1CCCC1)CC(C)(C)CCN. The first-order chi connectivity index (χ1) is 7.03. The summed E-state index contributed by atoms with van der Waals surface area (Å²) in [5.41, 5.74) is 6.01. The Bertz CT molecular complexity index is 171. The summed E-state index contributed by atoms with van der Waals surface area (Å²) in [7, 11) is 2.26. The Morgan fingerprint density at radius 2 is 1.87 bits per heavy atom. The van der Waals surface area contributed by atoms with Gasteiger partial charge in [0.15, 0.2) is 0 Å². The Hall–Kier alpha value is -0.0800. The molecule has 1 saturated carbocycles. The molecule has 0 aromatic carbocycles. The van der Waals surface area contributed by atoms with E-state index in [1.54, 1.807) is 0 Å². The van der Waals surface area contributed by atoms with Gasteiger partial charge in [-0.2, -0.15) is 0 Å². The molecule has 0 amide bonds. The lowest BCUT2D eigenvalue weighted by molar-refractivity contribution is 0.179. The standard InChI is InChI=1S/C13H28N2/c1-13(2,8-9-14)11-15(3)10-12-6-4-5-7-12/h12H,4-11,14H2,1-3H3. The maximum atomic E-state index is 5.64. The van der Waals surface area contributed by atoms with Crippen LogP contribution >= 0.6 is 0 Å². The largest absolute Gasteiger partial charge is 0.330 e. The summed E-state index contributed by atoms with van der Waals surface area (Å²) in [4.78, 5) is 2.51. The van der Waals surface area contributed by atoms with Crippen molar-refractivity contribution in [3.63, 3.8) is 0 Å². The van der Waals surface area contributed by atoms with Crippen molar-refractivity contribution in [3.8, 4) is 0 Å². The summed E-state index contributed by atoms with van der Waals surface area (Å²) < 4.78 is 0. The van der Waals surface area contributed by atoms with Gasteiger partial charge in [0.25, 0.3) is 0 Å². The summed E-state index contributed by atoms with van der Waals surface area (Å²) >= 11 is 0. The minimum atomic E-state index is 0.377. The Balaban J connectivity index is 2.24. The monoisotopic (exact) mass is 212 g/mol. The Morgan fingerprint density at radius 3 is 2.40 bits per heavy atom. The molecule has 15 heavy (non-hydrogen) atoms. The molecule has 0 unspecified atom stereocenters. The predicted octanol–water partition coefficient (Wildman–Crippen LogP) is 2.48. The first kappa shape index (κ1) is 13.0. The molecule has 1 aliphatic carbocycles. The van der Waals surface area contributed by atoms with E-state index in [1.165, 1.54) is 38.8 Å². The van der Waals surface area contributed by atoms with Gasteiger partial charge in [-0.3, -0.25) is 0 Å². The van der Waals surface area contributed by atoms with Gasteiger partial charge < -0.3 is 10.6 Å². The van der Waals surface area contributed by atoms with Crippen molar-refractivity contribution >= 4 is 0 Å². The molecule has 0 aliphatic heterocycles. The fraction of sp³-hybridized carbons (Fsp3) is 1.00. The van der Waals surface area contributed by atoms with E-state index in [2.05, 4.69) is 25.8 Å². The third-order valence-electron chi connectivity index (χ3n) is 3.56.